The predicted molar refractivity (Wildman–Crippen MR) is 72.9 cm³/mol. The molecule has 8 heteroatoms. The Kier molecular flexibility index (Phi) is 5.14. The molecule has 0 amide bonds. The molecular weight excluding hydrogens is 282 g/mol. The van der Waals surface area contributed by atoms with Crippen LogP contribution >= 0.6 is 0 Å². The molecule has 1 N–H and O–H groups in total. The van der Waals surface area contributed by atoms with E-state index in [0.29, 0.717) is 30.5 Å². The van der Waals surface area contributed by atoms with Gasteiger partial charge >= 0.3 is 0 Å². The zero-order valence-corrected chi connectivity index (χ0v) is 12.6. The number of methoxy groups -OCH3 is 1. The minimum absolute atomic E-state index is 0.110. The van der Waals surface area contributed by atoms with Crippen LogP contribution in [0, 0.1) is 5.92 Å². The molecule has 1 aliphatic carbocycles. The average Bonchev–Trinajstić information content (AvgIpc) is 3.13. The van der Waals surface area contributed by atoms with Crippen molar-refractivity contribution in [2.75, 3.05) is 20.2 Å². The fourth-order valence-electron chi connectivity index (χ4n) is 1.92. The number of nitrogens with zero attached hydrogens (tertiary/aromatic N) is 2. The van der Waals surface area contributed by atoms with E-state index in [-0.39, 0.29) is 13.2 Å². The van der Waals surface area contributed by atoms with Gasteiger partial charge in [0.25, 0.3) is 10.2 Å². The first kappa shape index (κ1) is 15.4. The van der Waals surface area contributed by atoms with E-state index in [2.05, 4.69) is 9.71 Å². The summed E-state index contributed by atoms with van der Waals surface area (Å²) in [7, 11) is -1.93. The monoisotopic (exact) mass is 303 g/mol. The number of aromatic nitrogens is 1. The Morgan fingerprint density at radius 2 is 2.30 bits per heavy atom. The van der Waals surface area contributed by atoms with Gasteiger partial charge in [-0.2, -0.15) is 17.4 Å². The summed E-state index contributed by atoms with van der Waals surface area (Å²) in [4.78, 5) is 4.00. The molecule has 7 nitrogen and oxygen atoms in total. The minimum Gasteiger partial charge on any atom is -0.446 e. The fraction of sp³-hybridized carbons (Fsp3) is 0.750. The average molecular weight is 303 g/mol. The van der Waals surface area contributed by atoms with Gasteiger partial charge in [-0.3, -0.25) is 0 Å². The molecule has 0 unspecified atom stereocenters. The van der Waals surface area contributed by atoms with Crippen molar-refractivity contribution in [2.24, 2.45) is 5.92 Å². The van der Waals surface area contributed by atoms with Gasteiger partial charge in [-0.15, -0.1) is 0 Å². The second kappa shape index (κ2) is 6.66. The first-order valence-electron chi connectivity index (χ1n) is 6.71. The summed E-state index contributed by atoms with van der Waals surface area (Å²) in [5.74, 6) is 1.06. The van der Waals surface area contributed by atoms with Crippen LogP contribution in [-0.4, -0.2) is 37.9 Å². The summed E-state index contributed by atoms with van der Waals surface area (Å²) in [5.41, 5.74) is 0.554. The van der Waals surface area contributed by atoms with Gasteiger partial charge < -0.3 is 9.15 Å². The van der Waals surface area contributed by atoms with Crippen LogP contribution in [-0.2, 0) is 28.1 Å². The zero-order valence-electron chi connectivity index (χ0n) is 11.8. The molecule has 1 fully saturated rings. The molecule has 114 valence electrons. The summed E-state index contributed by atoms with van der Waals surface area (Å²) >= 11 is 0. The van der Waals surface area contributed by atoms with Crippen molar-refractivity contribution in [1.29, 1.82) is 0 Å². The lowest BCUT2D eigenvalue weighted by Crippen LogP contribution is -2.41. The van der Waals surface area contributed by atoms with Gasteiger partial charge in [-0.25, -0.2) is 4.98 Å². The maximum atomic E-state index is 12.2. The normalized spacial score (nSPS) is 15.9. The molecule has 0 radical (unpaired) electrons. The smallest absolute Gasteiger partial charge is 0.279 e. The molecule has 0 bridgehead atoms. The van der Waals surface area contributed by atoms with E-state index in [9.17, 15) is 8.42 Å². The van der Waals surface area contributed by atoms with Crippen LogP contribution < -0.4 is 4.72 Å². The maximum absolute atomic E-state index is 12.2. The lowest BCUT2D eigenvalue weighted by molar-refractivity contribution is 0.163. The van der Waals surface area contributed by atoms with Gasteiger partial charge in [0.1, 0.15) is 6.61 Å². The third-order valence-corrected chi connectivity index (χ3v) is 4.87. The number of hydrogen-bond acceptors (Lipinski definition) is 5. The topological polar surface area (TPSA) is 84.7 Å². The van der Waals surface area contributed by atoms with Crippen LogP contribution in [0.2, 0.25) is 0 Å². The SMILES string of the molecule is CCN(CC1CC1)S(=O)(=O)NCc1ncoc1COC. The second-order valence-electron chi connectivity index (χ2n) is 4.88. The molecule has 0 aliphatic heterocycles. The first-order valence-corrected chi connectivity index (χ1v) is 8.15. The second-order valence-corrected chi connectivity index (χ2v) is 6.63. The number of nitrogens with one attached hydrogen (secondary N) is 1. The molecule has 1 saturated carbocycles. The third-order valence-electron chi connectivity index (χ3n) is 3.27. The Morgan fingerprint density at radius 3 is 2.90 bits per heavy atom. The Hall–Kier alpha value is -0.960. The highest BCUT2D eigenvalue weighted by atomic mass is 32.2. The molecule has 0 spiro atoms. The molecule has 0 saturated heterocycles. The van der Waals surface area contributed by atoms with Crippen molar-refractivity contribution in [3.05, 3.63) is 17.8 Å². The highest BCUT2D eigenvalue weighted by molar-refractivity contribution is 7.87. The predicted octanol–water partition coefficient (Wildman–Crippen LogP) is 0.887. The molecule has 1 aromatic heterocycles. The van der Waals surface area contributed by atoms with Crippen LogP contribution in [0.1, 0.15) is 31.2 Å². The van der Waals surface area contributed by atoms with E-state index in [4.69, 9.17) is 9.15 Å². The highest BCUT2D eigenvalue weighted by Crippen LogP contribution is 2.30. The van der Waals surface area contributed by atoms with E-state index in [1.165, 1.54) is 10.7 Å². The summed E-state index contributed by atoms with van der Waals surface area (Å²) < 4.78 is 38.6. The van der Waals surface area contributed by atoms with Crippen molar-refractivity contribution in [3.63, 3.8) is 0 Å². The summed E-state index contributed by atoms with van der Waals surface area (Å²) in [5, 5.41) is 0. The molecule has 2 rings (SSSR count). The zero-order chi connectivity index (χ0) is 14.6. The first-order chi connectivity index (χ1) is 9.56. The number of oxazole rings is 1. The van der Waals surface area contributed by atoms with Crippen molar-refractivity contribution in [1.82, 2.24) is 14.0 Å². The van der Waals surface area contributed by atoms with Crippen LogP contribution in [0.15, 0.2) is 10.8 Å². The Balaban J connectivity index is 1.94. The summed E-state index contributed by atoms with van der Waals surface area (Å²) in [6.07, 6.45) is 3.53. The molecule has 1 aliphatic rings. The highest BCUT2D eigenvalue weighted by Gasteiger charge is 2.29. The number of ether oxygens (including phenoxy) is 1. The molecule has 0 atom stereocenters. The molecule has 20 heavy (non-hydrogen) atoms. The van der Waals surface area contributed by atoms with E-state index < -0.39 is 10.2 Å². The minimum atomic E-state index is -3.47. The molecule has 1 aromatic rings. The number of rotatable bonds is 9. The van der Waals surface area contributed by atoms with Gasteiger partial charge in [0, 0.05) is 20.2 Å². The van der Waals surface area contributed by atoms with Crippen molar-refractivity contribution in [2.45, 2.75) is 32.9 Å². The van der Waals surface area contributed by atoms with Gasteiger partial charge in [-0.05, 0) is 18.8 Å². The van der Waals surface area contributed by atoms with E-state index in [1.807, 2.05) is 6.92 Å². The van der Waals surface area contributed by atoms with Crippen molar-refractivity contribution >= 4 is 10.2 Å². The Bertz CT molecular complexity index is 525. The Labute approximate surface area is 119 Å². The fourth-order valence-corrected chi connectivity index (χ4v) is 3.17. The van der Waals surface area contributed by atoms with Gasteiger partial charge in [-0.1, -0.05) is 6.92 Å². The van der Waals surface area contributed by atoms with Crippen LogP contribution in [0.25, 0.3) is 0 Å². The summed E-state index contributed by atoms with van der Waals surface area (Å²) in [6.45, 7) is 3.29. The maximum Gasteiger partial charge on any atom is 0.279 e. The molecule has 1 heterocycles. The van der Waals surface area contributed by atoms with Crippen LogP contribution in [0.4, 0.5) is 0 Å². The van der Waals surface area contributed by atoms with Gasteiger partial charge in [0.15, 0.2) is 12.2 Å². The lowest BCUT2D eigenvalue weighted by atomic mass is 10.3. The molecular formula is C12H21N3O4S. The number of hydrogen-bond donors (Lipinski definition) is 1. The van der Waals surface area contributed by atoms with Crippen molar-refractivity contribution < 1.29 is 17.6 Å². The summed E-state index contributed by atoms with van der Waals surface area (Å²) in [6, 6.07) is 0. The standard InChI is InChI=1S/C12H21N3O4S/c1-3-15(7-10-4-5-10)20(16,17)14-6-11-12(8-18-2)19-9-13-11/h9-10,14H,3-8H2,1-2H3. The van der Waals surface area contributed by atoms with E-state index in [0.717, 1.165) is 12.8 Å². The molecule has 0 aromatic carbocycles. The van der Waals surface area contributed by atoms with Gasteiger partial charge in [0.05, 0.1) is 12.2 Å². The van der Waals surface area contributed by atoms with Crippen LogP contribution in [0.3, 0.4) is 0 Å². The van der Waals surface area contributed by atoms with Crippen molar-refractivity contribution in [3.8, 4) is 0 Å². The quantitative estimate of drug-likeness (QED) is 0.732. The van der Waals surface area contributed by atoms with E-state index >= 15 is 0 Å². The lowest BCUT2D eigenvalue weighted by Gasteiger charge is -2.20. The van der Waals surface area contributed by atoms with E-state index in [1.54, 1.807) is 7.11 Å². The largest absolute Gasteiger partial charge is 0.446 e. The Morgan fingerprint density at radius 1 is 1.55 bits per heavy atom. The third kappa shape index (κ3) is 4.02. The van der Waals surface area contributed by atoms with Gasteiger partial charge in [0.2, 0.25) is 0 Å². The van der Waals surface area contributed by atoms with Crippen LogP contribution in [0.5, 0.6) is 0 Å².